The number of pyridine rings is 1. The van der Waals surface area contributed by atoms with E-state index in [1.165, 1.54) is 0 Å². The van der Waals surface area contributed by atoms with Crippen LogP contribution in [0.2, 0.25) is 5.15 Å². The maximum absolute atomic E-state index is 10.8. The predicted octanol–water partition coefficient (Wildman–Crippen LogP) is 1.70. The molecule has 10 nitrogen and oxygen atoms in total. The second kappa shape index (κ2) is 9.07. The third-order valence-electron chi connectivity index (χ3n) is 4.46. The molecule has 0 saturated heterocycles. The van der Waals surface area contributed by atoms with E-state index in [0.717, 1.165) is 22.6 Å². The van der Waals surface area contributed by atoms with Crippen LogP contribution in [0.25, 0.3) is 11.0 Å². The van der Waals surface area contributed by atoms with Crippen molar-refractivity contribution in [1.82, 2.24) is 19.5 Å². The Morgan fingerprint density at radius 1 is 1.29 bits per heavy atom. The number of nitrogen functional groups attached to an aromatic ring is 1. The van der Waals surface area contributed by atoms with Crippen LogP contribution < -0.4 is 15.6 Å². The minimum absolute atomic E-state index is 0.0316. The van der Waals surface area contributed by atoms with Gasteiger partial charge in [-0.15, -0.1) is 0 Å². The lowest BCUT2D eigenvalue weighted by Gasteiger charge is -2.13. The number of anilines is 1. The van der Waals surface area contributed by atoms with Gasteiger partial charge in [0.2, 0.25) is 5.95 Å². The molecule has 0 spiro atoms. The van der Waals surface area contributed by atoms with Crippen LogP contribution in [0, 0.1) is 25.7 Å². The van der Waals surface area contributed by atoms with E-state index in [-0.39, 0.29) is 24.1 Å². The van der Waals surface area contributed by atoms with Crippen molar-refractivity contribution >= 4 is 38.9 Å². The number of nitrogens with zero attached hydrogens (tertiary/aromatic N) is 4. The van der Waals surface area contributed by atoms with Crippen LogP contribution in [0.5, 0.6) is 5.75 Å². The zero-order chi connectivity index (χ0) is 22.8. The fourth-order valence-electron chi connectivity index (χ4n) is 3.13. The average molecular weight is 465 g/mol. The highest BCUT2D eigenvalue weighted by molar-refractivity contribution is 7.84. The molecule has 3 heterocycles. The second-order valence-electron chi connectivity index (χ2n) is 6.65. The largest absolute Gasteiger partial charge is 0.496 e. The summed E-state index contributed by atoms with van der Waals surface area (Å²) in [6.45, 7) is 4.08. The van der Waals surface area contributed by atoms with Gasteiger partial charge < -0.3 is 15.0 Å². The highest BCUT2D eigenvalue weighted by Gasteiger charge is 2.17. The first-order chi connectivity index (χ1) is 14.6. The summed E-state index contributed by atoms with van der Waals surface area (Å²) in [5.74, 6) is 6.58. The molecule has 0 radical (unpaired) electrons. The van der Waals surface area contributed by atoms with Crippen molar-refractivity contribution in [3.05, 3.63) is 39.9 Å². The Balaban J connectivity index is 2.00. The molecule has 0 aromatic carbocycles. The Morgan fingerprint density at radius 3 is 2.71 bits per heavy atom. The Kier molecular flexibility index (Phi) is 6.66. The van der Waals surface area contributed by atoms with Crippen LogP contribution in [0.3, 0.4) is 0 Å². The minimum Gasteiger partial charge on any atom is -0.496 e. The first-order valence-electron chi connectivity index (χ1n) is 9.07. The Morgan fingerprint density at radius 2 is 2.03 bits per heavy atom. The van der Waals surface area contributed by atoms with E-state index in [1.807, 2.05) is 18.4 Å². The summed E-state index contributed by atoms with van der Waals surface area (Å²) < 4.78 is 33.4. The van der Waals surface area contributed by atoms with Crippen molar-refractivity contribution < 1.29 is 17.3 Å². The first kappa shape index (κ1) is 22.8. The van der Waals surface area contributed by atoms with Crippen LogP contribution in [0.15, 0.2) is 12.4 Å². The predicted molar refractivity (Wildman–Crippen MR) is 117 cm³/mol. The Hall–Kier alpha value is -2.91. The number of nitrogens with two attached hydrogens (primary N) is 2. The molecule has 0 atom stereocenters. The molecule has 0 bridgehead atoms. The number of hydrogen-bond acceptors (Lipinski definition) is 8. The number of aromatic nitrogens is 4. The quantitative estimate of drug-likeness (QED) is 0.318. The van der Waals surface area contributed by atoms with E-state index in [2.05, 4.69) is 31.0 Å². The highest BCUT2D eigenvalue weighted by Crippen LogP contribution is 2.29. The molecule has 0 fully saturated rings. The summed E-state index contributed by atoms with van der Waals surface area (Å²) in [7, 11) is -2.39. The monoisotopic (exact) mass is 464 g/mol. The fraction of sp³-hybridized carbons (Fsp3) is 0.316. The van der Waals surface area contributed by atoms with Gasteiger partial charge in [0.25, 0.3) is 0 Å². The average Bonchev–Trinajstić information content (AvgIpc) is 3.01. The number of halogens is 1. The van der Waals surface area contributed by atoms with Gasteiger partial charge in [-0.2, -0.15) is 13.4 Å². The minimum atomic E-state index is -4.00. The van der Waals surface area contributed by atoms with Gasteiger partial charge in [-0.1, -0.05) is 23.4 Å². The van der Waals surface area contributed by atoms with E-state index < -0.39 is 10.3 Å². The van der Waals surface area contributed by atoms with Gasteiger partial charge in [0, 0.05) is 29.9 Å². The number of methoxy groups -OCH3 is 1. The van der Waals surface area contributed by atoms with Crippen LogP contribution in [0.1, 0.15) is 28.8 Å². The lowest BCUT2D eigenvalue weighted by molar-refractivity contribution is 0.327. The summed E-state index contributed by atoms with van der Waals surface area (Å²) in [5.41, 5.74) is 9.49. The van der Waals surface area contributed by atoms with Crippen molar-refractivity contribution in [3.8, 4) is 17.6 Å². The SMILES string of the molecule is COc1c(C)cnc(Cn2cc(C#CCCOS(N)(=O)=O)c3c(Cl)nc(N)nc32)c1C. The van der Waals surface area contributed by atoms with E-state index >= 15 is 0 Å². The molecule has 0 amide bonds. The third kappa shape index (κ3) is 5.23. The van der Waals surface area contributed by atoms with E-state index in [9.17, 15) is 8.42 Å². The molecule has 0 aliphatic rings. The van der Waals surface area contributed by atoms with Gasteiger partial charge >= 0.3 is 10.3 Å². The molecule has 4 N–H and O–H groups in total. The van der Waals surface area contributed by atoms with Gasteiger partial charge in [0.1, 0.15) is 16.5 Å². The van der Waals surface area contributed by atoms with Crippen molar-refractivity contribution in [2.45, 2.75) is 26.8 Å². The van der Waals surface area contributed by atoms with E-state index in [1.54, 1.807) is 19.5 Å². The molecule has 0 unspecified atom stereocenters. The molecule has 12 heteroatoms. The van der Waals surface area contributed by atoms with Gasteiger partial charge in [0.15, 0.2) is 0 Å². The fourth-order valence-corrected chi connectivity index (χ4v) is 3.72. The molecule has 0 aliphatic carbocycles. The van der Waals surface area contributed by atoms with Gasteiger partial charge in [-0.3, -0.25) is 9.17 Å². The maximum Gasteiger partial charge on any atom is 0.333 e. The molecule has 0 saturated carbocycles. The first-order valence-corrected chi connectivity index (χ1v) is 10.9. The molecular formula is C19H21ClN6O4S. The Labute approximate surface area is 184 Å². The zero-order valence-corrected chi connectivity index (χ0v) is 18.7. The highest BCUT2D eigenvalue weighted by atomic mass is 35.5. The van der Waals surface area contributed by atoms with Gasteiger partial charge in [0.05, 0.1) is 36.9 Å². The van der Waals surface area contributed by atoms with Gasteiger partial charge in [-0.05, 0) is 13.8 Å². The van der Waals surface area contributed by atoms with E-state index in [0.29, 0.717) is 23.1 Å². The number of ether oxygens (including phenoxy) is 1. The van der Waals surface area contributed by atoms with Crippen LogP contribution >= 0.6 is 11.6 Å². The molecule has 0 aliphatic heterocycles. The lowest BCUT2D eigenvalue weighted by Crippen LogP contribution is -2.16. The standard InChI is InChI=1S/C19H21ClN6O4S/c1-11-8-23-14(12(2)16(11)29-3)10-26-9-13(6-4-5-7-30-31(22,27)28)15-17(20)24-19(21)25-18(15)26/h8-9H,5,7,10H2,1-3H3,(H2,21,24,25)(H2,22,27,28). The molecular weight excluding hydrogens is 444 g/mol. The maximum atomic E-state index is 10.8. The summed E-state index contributed by atoms with van der Waals surface area (Å²) in [6, 6.07) is 0. The number of hydrogen-bond donors (Lipinski definition) is 2. The number of rotatable bonds is 6. The van der Waals surface area contributed by atoms with Crippen LogP contribution in [0.4, 0.5) is 5.95 Å². The molecule has 3 aromatic heterocycles. The molecule has 3 rings (SSSR count). The van der Waals surface area contributed by atoms with Crippen LogP contribution in [-0.4, -0.2) is 41.7 Å². The molecule has 31 heavy (non-hydrogen) atoms. The third-order valence-corrected chi connectivity index (χ3v) is 5.23. The smallest absolute Gasteiger partial charge is 0.333 e. The van der Waals surface area contributed by atoms with Gasteiger partial charge in [-0.25, -0.2) is 10.1 Å². The number of aryl methyl sites for hydroxylation is 1. The van der Waals surface area contributed by atoms with E-state index in [4.69, 9.17) is 27.2 Å². The summed E-state index contributed by atoms with van der Waals surface area (Å²) in [4.78, 5) is 12.9. The van der Waals surface area contributed by atoms with Crippen LogP contribution in [-0.2, 0) is 21.0 Å². The van der Waals surface area contributed by atoms with Crippen molar-refractivity contribution in [1.29, 1.82) is 0 Å². The summed E-state index contributed by atoms with van der Waals surface area (Å²) >= 11 is 6.32. The second-order valence-corrected chi connectivity index (χ2v) is 8.23. The zero-order valence-electron chi connectivity index (χ0n) is 17.1. The topological polar surface area (TPSA) is 148 Å². The summed E-state index contributed by atoms with van der Waals surface area (Å²) in [5, 5.41) is 5.49. The molecule has 3 aromatic rings. The van der Waals surface area contributed by atoms with Crippen molar-refractivity contribution in [2.24, 2.45) is 5.14 Å². The number of fused-ring (bicyclic) bond motifs is 1. The normalized spacial score (nSPS) is 11.4. The molecule has 164 valence electrons. The lowest BCUT2D eigenvalue weighted by atomic mass is 10.1. The van der Waals surface area contributed by atoms with Crippen molar-refractivity contribution in [2.75, 3.05) is 19.5 Å². The Bertz CT molecular complexity index is 1310. The summed E-state index contributed by atoms with van der Waals surface area (Å²) in [6.07, 6.45) is 3.66. The van der Waals surface area contributed by atoms with Crippen molar-refractivity contribution in [3.63, 3.8) is 0 Å².